The lowest BCUT2D eigenvalue weighted by atomic mass is 10.1. The van der Waals surface area contributed by atoms with E-state index in [1.54, 1.807) is 12.1 Å². The second kappa shape index (κ2) is 5.41. The summed E-state index contributed by atoms with van der Waals surface area (Å²) in [5.74, 6) is -0.825. The third kappa shape index (κ3) is 3.42. The van der Waals surface area contributed by atoms with Gasteiger partial charge < -0.3 is 15.9 Å². The van der Waals surface area contributed by atoms with Crippen molar-refractivity contribution in [3.05, 3.63) is 23.8 Å². The molecule has 3 atom stereocenters. The summed E-state index contributed by atoms with van der Waals surface area (Å²) in [5.41, 5.74) is 6.32. The number of carboxylic acid groups (broad SMARTS) is 1. The van der Waals surface area contributed by atoms with E-state index in [0.29, 0.717) is 8.27 Å². The van der Waals surface area contributed by atoms with Gasteiger partial charge in [0.25, 0.3) is 0 Å². The van der Waals surface area contributed by atoms with Gasteiger partial charge in [0.05, 0.1) is 0 Å². The van der Waals surface area contributed by atoms with Gasteiger partial charge in [-0.15, -0.1) is 8.93 Å². The molecule has 4 N–H and O–H groups in total. The van der Waals surface area contributed by atoms with Crippen LogP contribution in [0.4, 0.5) is 0 Å². The van der Waals surface area contributed by atoms with Crippen molar-refractivity contribution in [1.29, 1.82) is 0 Å². The Hall–Kier alpha value is -0.690. The minimum absolute atomic E-state index is 0.188. The van der Waals surface area contributed by atoms with E-state index in [2.05, 4.69) is 8.93 Å². The molecule has 0 aromatic heterocycles. The van der Waals surface area contributed by atoms with Gasteiger partial charge in [-0.25, -0.2) is 0 Å². The molecule has 0 radical (unpaired) electrons. The molecule has 0 heterocycles. The minimum Gasteiger partial charge on any atom is -0.508 e. The molecule has 0 saturated carbocycles. The number of benzene rings is 1. The van der Waals surface area contributed by atoms with Crippen molar-refractivity contribution < 1.29 is 15.0 Å². The van der Waals surface area contributed by atoms with Crippen molar-refractivity contribution in [3.63, 3.8) is 0 Å². The molecule has 15 heavy (non-hydrogen) atoms. The third-order valence-corrected chi connectivity index (χ3v) is 3.72. The summed E-state index contributed by atoms with van der Waals surface area (Å²) in [7, 11) is 2.99. The Labute approximate surface area is 91.8 Å². The first-order valence-electron chi connectivity index (χ1n) is 4.31. The highest BCUT2D eigenvalue weighted by molar-refractivity contribution is 8.06. The van der Waals surface area contributed by atoms with Crippen LogP contribution >= 0.6 is 17.2 Å². The topological polar surface area (TPSA) is 83.5 Å². The molecule has 0 aliphatic heterocycles. The number of carbonyl (C=O) groups is 1. The summed E-state index contributed by atoms with van der Waals surface area (Å²) in [5, 5.41) is 18.9. The van der Waals surface area contributed by atoms with Gasteiger partial charge in [-0.3, -0.25) is 4.79 Å². The maximum Gasteiger partial charge on any atom is 0.320 e. The third-order valence-electron chi connectivity index (χ3n) is 2.01. The van der Waals surface area contributed by atoms with Crippen molar-refractivity contribution >= 4 is 28.5 Å². The molecule has 82 valence electrons. The van der Waals surface area contributed by atoms with Crippen molar-refractivity contribution in [1.82, 2.24) is 0 Å². The van der Waals surface area contributed by atoms with Gasteiger partial charge in [-0.05, 0) is 29.4 Å². The first-order valence-corrected chi connectivity index (χ1v) is 7.12. The lowest BCUT2D eigenvalue weighted by Gasteiger charge is -2.10. The molecule has 0 saturated heterocycles. The monoisotopic (exact) mass is 245 g/mol. The molecule has 0 amide bonds. The standard InChI is InChI=1S/C9H13NO3P2/c10-7(9(12)13)3-5-1-2-6(11)4-8(5)15-14/h1-2,4,7,11,15H,3,10,14H2,(H,12,13). The Morgan fingerprint density at radius 1 is 1.60 bits per heavy atom. The van der Waals surface area contributed by atoms with Crippen molar-refractivity contribution in [2.75, 3.05) is 0 Å². The molecule has 0 aliphatic carbocycles. The Morgan fingerprint density at radius 3 is 2.80 bits per heavy atom. The largest absolute Gasteiger partial charge is 0.508 e. The fourth-order valence-corrected chi connectivity index (χ4v) is 2.61. The summed E-state index contributed by atoms with van der Waals surface area (Å²) in [6.07, 6.45) is 0.284. The molecular formula is C9H13NO3P2. The van der Waals surface area contributed by atoms with E-state index >= 15 is 0 Å². The van der Waals surface area contributed by atoms with E-state index < -0.39 is 12.0 Å². The van der Waals surface area contributed by atoms with Gasteiger partial charge in [0.2, 0.25) is 0 Å². The number of carboxylic acids is 1. The van der Waals surface area contributed by atoms with Crippen LogP contribution < -0.4 is 11.0 Å². The van der Waals surface area contributed by atoms with Crippen LogP contribution in [0.25, 0.3) is 0 Å². The quantitative estimate of drug-likeness (QED) is 0.672. The number of aliphatic carboxylic acids is 1. The van der Waals surface area contributed by atoms with E-state index in [4.69, 9.17) is 10.8 Å². The van der Waals surface area contributed by atoms with Gasteiger partial charge in [0.15, 0.2) is 0 Å². The fourth-order valence-electron chi connectivity index (χ4n) is 1.20. The minimum atomic E-state index is -1.01. The van der Waals surface area contributed by atoms with Crippen LogP contribution in [-0.2, 0) is 11.2 Å². The summed E-state index contributed by atoms with van der Waals surface area (Å²) in [6, 6.07) is 3.99. The van der Waals surface area contributed by atoms with Gasteiger partial charge in [0.1, 0.15) is 11.8 Å². The van der Waals surface area contributed by atoms with E-state index in [0.717, 1.165) is 10.9 Å². The lowest BCUT2D eigenvalue weighted by molar-refractivity contribution is -0.138. The van der Waals surface area contributed by atoms with Crippen LogP contribution in [0.3, 0.4) is 0 Å². The van der Waals surface area contributed by atoms with Gasteiger partial charge >= 0.3 is 5.97 Å². The van der Waals surface area contributed by atoms with Crippen LogP contribution in [0.1, 0.15) is 5.56 Å². The van der Waals surface area contributed by atoms with Crippen LogP contribution in [0.2, 0.25) is 0 Å². The SMILES string of the molecule is NC(Cc1ccc(O)cc1PP)C(=O)O. The summed E-state index contributed by atoms with van der Waals surface area (Å²) in [6.45, 7) is 0. The summed E-state index contributed by atoms with van der Waals surface area (Å²) >= 11 is 0. The molecule has 0 spiro atoms. The highest BCUT2D eigenvalue weighted by atomic mass is 32.0. The normalized spacial score (nSPS) is 13.2. The highest BCUT2D eigenvalue weighted by Crippen LogP contribution is 2.24. The molecular weight excluding hydrogens is 232 g/mol. The zero-order valence-corrected chi connectivity index (χ0v) is 10.1. The molecule has 0 bridgehead atoms. The second-order valence-electron chi connectivity index (χ2n) is 3.13. The number of nitrogens with two attached hydrogens (primary N) is 1. The van der Waals surface area contributed by atoms with E-state index in [1.807, 2.05) is 0 Å². The van der Waals surface area contributed by atoms with Crippen molar-refractivity contribution in [2.24, 2.45) is 5.73 Å². The van der Waals surface area contributed by atoms with Crippen LogP contribution in [0.15, 0.2) is 18.2 Å². The van der Waals surface area contributed by atoms with Crippen molar-refractivity contribution in [3.8, 4) is 5.75 Å². The van der Waals surface area contributed by atoms with Crippen LogP contribution in [0.5, 0.6) is 5.75 Å². The molecule has 1 aromatic rings. The lowest BCUT2D eigenvalue weighted by Crippen LogP contribution is -2.33. The van der Waals surface area contributed by atoms with E-state index in [-0.39, 0.29) is 12.2 Å². The fraction of sp³-hybridized carbons (Fsp3) is 0.222. The number of hydrogen-bond donors (Lipinski definition) is 3. The maximum atomic E-state index is 10.6. The Bertz CT molecular complexity index is 370. The molecule has 0 fully saturated rings. The molecule has 3 unspecified atom stereocenters. The summed E-state index contributed by atoms with van der Waals surface area (Å²) < 4.78 is 0. The Morgan fingerprint density at radius 2 is 2.27 bits per heavy atom. The average Bonchev–Trinajstić information content (AvgIpc) is 2.20. The van der Waals surface area contributed by atoms with E-state index in [9.17, 15) is 9.90 Å². The van der Waals surface area contributed by atoms with Gasteiger partial charge in [-0.2, -0.15) is 0 Å². The number of phenols is 1. The predicted octanol–water partition coefficient (Wildman–Crippen LogP) is 0.440. The first-order chi connectivity index (χ1) is 7.04. The number of phenolic OH excluding ortho intramolecular Hbond substituents is 1. The zero-order chi connectivity index (χ0) is 11.4. The summed E-state index contributed by atoms with van der Waals surface area (Å²) in [4.78, 5) is 10.6. The number of aromatic hydroxyl groups is 1. The zero-order valence-electron chi connectivity index (χ0n) is 7.97. The highest BCUT2D eigenvalue weighted by Gasteiger charge is 2.14. The first kappa shape index (κ1) is 12.4. The molecule has 0 aliphatic rings. The number of rotatable bonds is 4. The van der Waals surface area contributed by atoms with E-state index in [1.165, 1.54) is 6.07 Å². The average molecular weight is 245 g/mol. The maximum absolute atomic E-state index is 10.6. The van der Waals surface area contributed by atoms with Gasteiger partial charge in [-0.1, -0.05) is 14.3 Å². The van der Waals surface area contributed by atoms with Crippen molar-refractivity contribution in [2.45, 2.75) is 12.5 Å². The Balaban J connectivity index is 2.89. The molecule has 6 heteroatoms. The Kier molecular flexibility index (Phi) is 4.46. The second-order valence-corrected chi connectivity index (χ2v) is 4.83. The predicted molar refractivity (Wildman–Crippen MR) is 65.1 cm³/mol. The van der Waals surface area contributed by atoms with Gasteiger partial charge in [0, 0.05) is 0 Å². The molecule has 4 nitrogen and oxygen atoms in total. The molecule has 1 aromatic carbocycles. The van der Waals surface area contributed by atoms with Crippen LogP contribution in [-0.4, -0.2) is 22.2 Å². The number of hydrogen-bond acceptors (Lipinski definition) is 3. The smallest absolute Gasteiger partial charge is 0.320 e. The molecule has 1 rings (SSSR count). The van der Waals surface area contributed by atoms with Crippen LogP contribution in [0, 0.1) is 0 Å².